The highest BCUT2D eigenvalue weighted by Gasteiger charge is 2.16. The van der Waals surface area contributed by atoms with E-state index in [2.05, 4.69) is 11.8 Å². The minimum absolute atomic E-state index is 1.10. The molecule has 1 aliphatic heterocycles. The molecule has 1 aliphatic rings. The lowest BCUT2D eigenvalue weighted by molar-refractivity contribution is 0.311. The van der Waals surface area contributed by atoms with Crippen LogP contribution in [0.2, 0.25) is 0 Å². The first kappa shape index (κ1) is 18.6. The highest BCUT2D eigenvalue weighted by atomic mass is 33.1. The van der Waals surface area contributed by atoms with Crippen molar-refractivity contribution in [2.24, 2.45) is 0 Å². The average Bonchev–Trinajstić information content (AvgIpc) is 2.38. The van der Waals surface area contributed by atoms with Crippen LogP contribution in [0, 0.1) is 0 Å². The maximum absolute atomic E-state index is 5.37. The van der Waals surface area contributed by atoms with E-state index < -0.39 is 0 Å². The molecule has 0 aromatic rings. The number of hydrogen-bond acceptors (Lipinski definition) is 3. The van der Waals surface area contributed by atoms with Gasteiger partial charge in [0, 0.05) is 18.8 Å². The van der Waals surface area contributed by atoms with Gasteiger partial charge in [-0.05, 0) is 23.6 Å². The Bertz CT molecular complexity index is 242. The lowest BCUT2D eigenvalue weighted by Crippen LogP contribution is -2.39. The standard InChI is InChI=1S/C16H31NS3/c1-2-3-4-5-6-7-8-9-10-11-15-19-20-16(18)17-13-12-14-17/h2-15H2,1H3. The van der Waals surface area contributed by atoms with Crippen LogP contribution >= 0.6 is 33.8 Å². The topological polar surface area (TPSA) is 3.24 Å². The summed E-state index contributed by atoms with van der Waals surface area (Å²) in [5, 5.41) is 0. The Morgan fingerprint density at radius 2 is 1.45 bits per heavy atom. The van der Waals surface area contributed by atoms with Crippen molar-refractivity contribution in [3.8, 4) is 0 Å². The van der Waals surface area contributed by atoms with E-state index in [-0.39, 0.29) is 0 Å². The molecule has 118 valence electrons. The molecule has 0 unspecified atom stereocenters. The molecule has 1 rings (SSSR count). The molecule has 0 N–H and O–H groups in total. The summed E-state index contributed by atoms with van der Waals surface area (Å²) in [5.41, 5.74) is 0. The van der Waals surface area contributed by atoms with E-state index in [0.717, 1.165) is 4.32 Å². The second-order valence-electron chi connectivity index (χ2n) is 5.69. The molecule has 1 nitrogen and oxygen atoms in total. The van der Waals surface area contributed by atoms with E-state index >= 15 is 0 Å². The lowest BCUT2D eigenvalue weighted by Gasteiger charge is -2.32. The Kier molecular flexibility index (Phi) is 12.4. The zero-order valence-corrected chi connectivity index (χ0v) is 15.5. The number of unbranched alkanes of at least 4 members (excludes halogenated alkanes) is 9. The van der Waals surface area contributed by atoms with Crippen molar-refractivity contribution in [1.82, 2.24) is 4.90 Å². The van der Waals surface area contributed by atoms with Gasteiger partial charge in [0.1, 0.15) is 4.32 Å². The van der Waals surface area contributed by atoms with Crippen molar-refractivity contribution < 1.29 is 0 Å². The van der Waals surface area contributed by atoms with Crippen molar-refractivity contribution >= 4 is 38.1 Å². The van der Waals surface area contributed by atoms with Gasteiger partial charge in [-0.25, -0.2) is 0 Å². The highest BCUT2D eigenvalue weighted by molar-refractivity contribution is 8.83. The van der Waals surface area contributed by atoms with Crippen molar-refractivity contribution in [2.75, 3.05) is 18.8 Å². The fourth-order valence-corrected chi connectivity index (χ4v) is 4.92. The summed E-state index contributed by atoms with van der Waals surface area (Å²) in [6, 6.07) is 0. The first-order chi connectivity index (χ1) is 9.84. The molecule has 0 amide bonds. The Morgan fingerprint density at radius 3 is 1.95 bits per heavy atom. The Labute approximate surface area is 139 Å². The van der Waals surface area contributed by atoms with Crippen LogP contribution in [0.15, 0.2) is 0 Å². The third-order valence-electron chi connectivity index (χ3n) is 3.83. The molecule has 20 heavy (non-hydrogen) atoms. The lowest BCUT2D eigenvalue weighted by atomic mass is 10.1. The number of thiocarbonyl (C=S) groups is 1. The number of hydrogen-bond donors (Lipinski definition) is 0. The van der Waals surface area contributed by atoms with Crippen LogP contribution in [-0.4, -0.2) is 28.1 Å². The van der Waals surface area contributed by atoms with Crippen molar-refractivity contribution in [3.63, 3.8) is 0 Å². The summed E-state index contributed by atoms with van der Waals surface area (Å²) in [7, 11) is 3.76. The van der Waals surface area contributed by atoms with Gasteiger partial charge in [0.15, 0.2) is 0 Å². The summed E-state index contributed by atoms with van der Waals surface area (Å²) in [6.45, 7) is 4.65. The molecule has 0 radical (unpaired) electrons. The molecule has 0 aliphatic carbocycles. The van der Waals surface area contributed by atoms with E-state index in [9.17, 15) is 0 Å². The van der Waals surface area contributed by atoms with E-state index in [4.69, 9.17) is 12.2 Å². The van der Waals surface area contributed by atoms with Gasteiger partial charge >= 0.3 is 0 Å². The molecule has 0 spiro atoms. The van der Waals surface area contributed by atoms with Crippen LogP contribution in [0.3, 0.4) is 0 Å². The predicted octanol–water partition coefficient (Wildman–Crippen LogP) is 6.28. The first-order valence-corrected chi connectivity index (χ1v) is 11.2. The third kappa shape index (κ3) is 9.51. The van der Waals surface area contributed by atoms with E-state index in [1.165, 1.54) is 89.5 Å². The molecular weight excluding hydrogens is 302 g/mol. The first-order valence-electron chi connectivity index (χ1n) is 8.43. The summed E-state index contributed by atoms with van der Waals surface area (Å²) in [4.78, 5) is 2.31. The molecule has 0 saturated carbocycles. The van der Waals surface area contributed by atoms with Gasteiger partial charge in [0.25, 0.3) is 0 Å². The summed E-state index contributed by atoms with van der Waals surface area (Å²) in [6.07, 6.45) is 15.5. The molecule has 0 aromatic heterocycles. The SMILES string of the molecule is CCCCCCCCCCCCSSC(=S)N1CCC1. The molecule has 0 bridgehead atoms. The maximum atomic E-state index is 5.37. The van der Waals surface area contributed by atoms with Crippen LogP contribution in [0.25, 0.3) is 0 Å². The second kappa shape index (κ2) is 13.3. The van der Waals surface area contributed by atoms with E-state index in [1.54, 1.807) is 0 Å². The van der Waals surface area contributed by atoms with Gasteiger partial charge in [-0.3, -0.25) is 0 Å². The zero-order chi connectivity index (χ0) is 14.5. The fourth-order valence-electron chi connectivity index (χ4n) is 2.29. The average molecular weight is 334 g/mol. The third-order valence-corrected chi connectivity index (χ3v) is 6.95. The van der Waals surface area contributed by atoms with Crippen LogP contribution < -0.4 is 0 Å². The molecule has 0 aromatic carbocycles. The molecule has 1 saturated heterocycles. The largest absolute Gasteiger partial charge is 0.357 e. The van der Waals surface area contributed by atoms with Crippen LogP contribution in [-0.2, 0) is 0 Å². The summed E-state index contributed by atoms with van der Waals surface area (Å²) in [5.74, 6) is 1.26. The molecule has 1 heterocycles. The quantitative estimate of drug-likeness (QED) is 0.235. The van der Waals surface area contributed by atoms with E-state index in [1.807, 2.05) is 21.6 Å². The van der Waals surface area contributed by atoms with Gasteiger partial charge in [-0.15, -0.1) is 0 Å². The Hall–Kier alpha value is 0.590. The number of nitrogens with zero attached hydrogens (tertiary/aromatic N) is 1. The molecule has 4 heteroatoms. The smallest absolute Gasteiger partial charge is 0.147 e. The van der Waals surface area contributed by atoms with Crippen LogP contribution in [0.1, 0.15) is 77.6 Å². The number of rotatable bonds is 12. The predicted molar refractivity (Wildman–Crippen MR) is 101 cm³/mol. The van der Waals surface area contributed by atoms with Crippen molar-refractivity contribution in [1.29, 1.82) is 0 Å². The molecule has 1 fully saturated rings. The van der Waals surface area contributed by atoms with Gasteiger partial charge in [-0.2, -0.15) is 0 Å². The van der Waals surface area contributed by atoms with Gasteiger partial charge in [0.05, 0.1) is 0 Å². The molecule has 0 atom stereocenters. The van der Waals surface area contributed by atoms with Crippen molar-refractivity contribution in [2.45, 2.75) is 77.6 Å². The second-order valence-corrected chi connectivity index (χ2v) is 8.74. The summed E-state index contributed by atoms with van der Waals surface area (Å²) >= 11 is 5.37. The number of likely N-dealkylation sites (tertiary alicyclic amines) is 1. The monoisotopic (exact) mass is 333 g/mol. The summed E-state index contributed by atoms with van der Waals surface area (Å²) < 4.78 is 1.10. The molecular formula is C16H31NS3. The van der Waals surface area contributed by atoms with Gasteiger partial charge in [-0.1, -0.05) is 87.7 Å². The maximum Gasteiger partial charge on any atom is 0.147 e. The van der Waals surface area contributed by atoms with Crippen molar-refractivity contribution in [3.05, 3.63) is 0 Å². The zero-order valence-electron chi connectivity index (χ0n) is 13.1. The Balaban J connectivity index is 1.71. The normalized spacial score (nSPS) is 14.3. The van der Waals surface area contributed by atoms with Gasteiger partial charge in [0.2, 0.25) is 0 Å². The highest BCUT2D eigenvalue weighted by Crippen LogP contribution is 2.28. The minimum Gasteiger partial charge on any atom is -0.357 e. The minimum atomic E-state index is 1.10. The van der Waals surface area contributed by atoms with Gasteiger partial charge < -0.3 is 4.90 Å². The van der Waals surface area contributed by atoms with Crippen LogP contribution in [0.5, 0.6) is 0 Å². The van der Waals surface area contributed by atoms with Crippen LogP contribution in [0.4, 0.5) is 0 Å². The Morgan fingerprint density at radius 1 is 0.900 bits per heavy atom. The fraction of sp³-hybridized carbons (Fsp3) is 0.938. The van der Waals surface area contributed by atoms with E-state index in [0.29, 0.717) is 0 Å².